The summed E-state index contributed by atoms with van der Waals surface area (Å²) in [7, 11) is 0. The third kappa shape index (κ3) is 5.68. The summed E-state index contributed by atoms with van der Waals surface area (Å²) in [5.41, 5.74) is 1.15. The molecule has 1 aromatic rings. The maximum atomic E-state index is 6.10. The number of thiocarbonyl (C=S) groups is 1. The summed E-state index contributed by atoms with van der Waals surface area (Å²) in [6.45, 7) is 12.5. The Morgan fingerprint density at radius 1 is 1.14 bits per heavy atom. The number of hydrogen-bond donors (Lipinski definition) is 0. The van der Waals surface area contributed by atoms with E-state index in [1.807, 2.05) is 18.2 Å². The van der Waals surface area contributed by atoms with Crippen LogP contribution in [0.1, 0.15) is 32.4 Å². The number of benzene rings is 1. The molecule has 1 aromatic carbocycles. The van der Waals surface area contributed by atoms with Gasteiger partial charge in [-0.25, -0.2) is 4.99 Å². The molecule has 1 rings (SSSR count). The summed E-state index contributed by atoms with van der Waals surface area (Å²) in [5.74, 6) is 0. The van der Waals surface area contributed by atoms with Crippen LogP contribution in [0.4, 0.5) is 0 Å². The normalized spacial score (nSPS) is 12.7. The lowest BCUT2D eigenvalue weighted by molar-refractivity contribution is -0.923. The first-order chi connectivity index (χ1) is 10.2. The van der Waals surface area contributed by atoms with Crippen LogP contribution in [0.5, 0.6) is 0 Å². The van der Waals surface area contributed by atoms with Crippen LogP contribution in [0.25, 0.3) is 0 Å². The molecule has 21 heavy (non-hydrogen) atoms. The van der Waals surface area contributed by atoms with Gasteiger partial charge in [-0.3, -0.25) is 0 Å². The lowest BCUT2D eigenvalue weighted by atomic mass is 10.1. The van der Waals surface area contributed by atoms with Gasteiger partial charge in [0.15, 0.2) is 0 Å². The zero-order chi connectivity index (χ0) is 15.6. The standard InChI is InChI=1S/C17H27N2OS/c1-4-19(5-2,6-3)12-13-20-17(14-18-15-21)16-10-8-7-9-11-16/h7-11,17H,4-6,12-14H2,1-3H3/q+1. The number of nitrogens with zero attached hydrogens (tertiary/aromatic N) is 2. The van der Waals surface area contributed by atoms with Gasteiger partial charge in [0.1, 0.15) is 12.6 Å². The Kier molecular flexibility index (Phi) is 8.40. The van der Waals surface area contributed by atoms with Crippen LogP contribution in [0.15, 0.2) is 35.3 Å². The summed E-state index contributed by atoms with van der Waals surface area (Å²) in [6, 6.07) is 10.2. The van der Waals surface area contributed by atoms with E-state index in [1.54, 1.807) is 0 Å². The number of hydrogen-bond acceptors (Lipinski definition) is 3. The van der Waals surface area contributed by atoms with Crippen molar-refractivity contribution in [2.75, 3.05) is 39.3 Å². The second-order valence-corrected chi connectivity index (χ2v) is 5.40. The van der Waals surface area contributed by atoms with Crippen molar-refractivity contribution >= 4 is 17.4 Å². The van der Waals surface area contributed by atoms with Gasteiger partial charge in [0, 0.05) is 0 Å². The lowest BCUT2D eigenvalue weighted by Crippen LogP contribution is -2.49. The quantitative estimate of drug-likeness (QED) is 0.373. The first-order valence-corrected chi connectivity index (χ1v) is 8.17. The molecule has 0 saturated heterocycles. The van der Waals surface area contributed by atoms with E-state index in [0.29, 0.717) is 6.54 Å². The highest BCUT2D eigenvalue weighted by Crippen LogP contribution is 2.18. The topological polar surface area (TPSA) is 21.6 Å². The first kappa shape index (κ1) is 18.0. The molecule has 1 unspecified atom stereocenters. The Morgan fingerprint density at radius 3 is 2.29 bits per heavy atom. The predicted molar refractivity (Wildman–Crippen MR) is 91.8 cm³/mol. The van der Waals surface area contributed by atoms with Gasteiger partial charge in [0.2, 0.25) is 0 Å². The van der Waals surface area contributed by atoms with E-state index in [2.05, 4.69) is 55.3 Å². The van der Waals surface area contributed by atoms with Gasteiger partial charge in [-0.1, -0.05) is 30.3 Å². The summed E-state index contributed by atoms with van der Waals surface area (Å²) in [5, 5.41) is 2.43. The van der Waals surface area contributed by atoms with Crippen molar-refractivity contribution in [1.29, 1.82) is 0 Å². The molecule has 0 heterocycles. The zero-order valence-electron chi connectivity index (χ0n) is 13.4. The monoisotopic (exact) mass is 307 g/mol. The van der Waals surface area contributed by atoms with Crippen LogP contribution in [-0.4, -0.2) is 49.0 Å². The fourth-order valence-corrected chi connectivity index (χ4v) is 2.65. The van der Waals surface area contributed by atoms with Crippen molar-refractivity contribution in [3.63, 3.8) is 0 Å². The van der Waals surface area contributed by atoms with Gasteiger partial charge in [-0.15, -0.1) is 0 Å². The van der Waals surface area contributed by atoms with Crippen LogP contribution in [0, 0.1) is 0 Å². The van der Waals surface area contributed by atoms with Crippen LogP contribution < -0.4 is 0 Å². The molecule has 0 aliphatic carbocycles. The molecule has 0 radical (unpaired) electrons. The molecule has 0 aliphatic rings. The highest BCUT2D eigenvalue weighted by atomic mass is 32.1. The van der Waals surface area contributed by atoms with Crippen LogP contribution in [0.2, 0.25) is 0 Å². The molecule has 0 bridgehead atoms. The Balaban J connectivity index is 2.64. The SMILES string of the molecule is CC[N+](CC)(CC)CCOC(CN=C=S)c1ccccc1. The minimum absolute atomic E-state index is 0.0332. The van der Waals surface area contributed by atoms with Gasteiger partial charge in [0.25, 0.3) is 0 Å². The molecule has 0 amide bonds. The average Bonchev–Trinajstić information content (AvgIpc) is 2.56. The number of likely N-dealkylation sites (N-methyl/N-ethyl adjacent to an activating group) is 1. The lowest BCUT2D eigenvalue weighted by Gasteiger charge is -2.36. The van der Waals surface area contributed by atoms with Crippen molar-refractivity contribution in [2.24, 2.45) is 4.99 Å². The highest BCUT2D eigenvalue weighted by Gasteiger charge is 2.21. The first-order valence-electron chi connectivity index (χ1n) is 7.76. The molecule has 0 aliphatic heterocycles. The van der Waals surface area contributed by atoms with E-state index in [-0.39, 0.29) is 6.10 Å². The van der Waals surface area contributed by atoms with Crippen LogP contribution in [-0.2, 0) is 4.74 Å². The van der Waals surface area contributed by atoms with Crippen molar-refractivity contribution in [3.05, 3.63) is 35.9 Å². The molecule has 1 atom stereocenters. The fourth-order valence-electron chi connectivity index (χ4n) is 2.58. The Labute approximate surface area is 134 Å². The van der Waals surface area contributed by atoms with Crippen molar-refractivity contribution in [3.8, 4) is 0 Å². The summed E-state index contributed by atoms with van der Waals surface area (Å²) < 4.78 is 7.19. The molecule has 0 aromatic heterocycles. The van der Waals surface area contributed by atoms with Crippen molar-refractivity contribution in [2.45, 2.75) is 26.9 Å². The van der Waals surface area contributed by atoms with E-state index in [1.165, 1.54) is 0 Å². The van der Waals surface area contributed by atoms with Gasteiger partial charge in [0.05, 0.1) is 37.9 Å². The molecule has 0 fully saturated rings. The maximum absolute atomic E-state index is 6.10. The predicted octanol–water partition coefficient (Wildman–Crippen LogP) is 3.72. The minimum Gasteiger partial charge on any atom is -0.366 e. The third-order valence-electron chi connectivity index (χ3n) is 4.39. The molecule has 4 heteroatoms. The van der Waals surface area contributed by atoms with Crippen molar-refractivity contribution < 1.29 is 9.22 Å². The number of quaternary nitrogens is 1. The summed E-state index contributed by atoms with van der Waals surface area (Å²) in [6.07, 6.45) is -0.0332. The fraction of sp³-hybridized carbons (Fsp3) is 0.588. The molecular formula is C17H27N2OS+. The van der Waals surface area contributed by atoms with Gasteiger partial charge >= 0.3 is 0 Å². The zero-order valence-corrected chi connectivity index (χ0v) is 14.2. The minimum atomic E-state index is -0.0332. The molecule has 0 spiro atoms. The molecule has 0 N–H and O–H groups in total. The van der Waals surface area contributed by atoms with Gasteiger partial charge in [-0.2, -0.15) is 0 Å². The van der Waals surface area contributed by atoms with Crippen molar-refractivity contribution in [1.82, 2.24) is 0 Å². The third-order valence-corrected chi connectivity index (χ3v) is 4.52. The highest BCUT2D eigenvalue weighted by molar-refractivity contribution is 7.78. The van der Waals surface area contributed by atoms with Gasteiger partial charge in [-0.05, 0) is 38.6 Å². The van der Waals surface area contributed by atoms with E-state index < -0.39 is 0 Å². The largest absolute Gasteiger partial charge is 0.366 e. The van der Waals surface area contributed by atoms with E-state index >= 15 is 0 Å². The Bertz CT molecular complexity index is 431. The molecule has 116 valence electrons. The Morgan fingerprint density at radius 2 is 1.76 bits per heavy atom. The van der Waals surface area contributed by atoms with Gasteiger partial charge < -0.3 is 9.22 Å². The molecule has 3 nitrogen and oxygen atoms in total. The average molecular weight is 307 g/mol. The smallest absolute Gasteiger partial charge is 0.103 e. The van der Waals surface area contributed by atoms with Crippen LogP contribution >= 0.6 is 12.2 Å². The summed E-state index contributed by atoms with van der Waals surface area (Å²) in [4.78, 5) is 4.06. The Hall–Kier alpha value is -1.06. The maximum Gasteiger partial charge on any atom is 0.103 e. The number of aliphatic imine (C=N–C) groups is 1. The molecular weight excluding hydrogens is 280 g/mol. The van der Waals surface area contributed by atoms with Crippen LogP contribution in [0.3, 0.4) is 0 Å². The van der Waals surface area contributed by atoms with E-state index in [0.717, 1.165) is 42.8 Å². The van der Waals surface area contributed by atoms with E-state index in [4.69, 9.17) is 4.74 Å². The summed E-state index contributed by atoms with van der Waals surface area (Å²) >= 11 is 4.67. The number of rotatable bonds is 10. The second kappa shape index (κ2) is 9.80. The molecule has 0 saturated carbocycles. The second-order valence-electron chi connectivity index (χ2n) is 5.22. The van der Waals surface area contributed by atoms with E-state index in [9.17, 15) is 0 Å². The number of isothiocyanates is 1. The number of ether oxygens (including phenoxy) is 1.